The van der Waals surface area contributed by atoms with Crippen LogP contribution in [0, 0.1) is 12.8 Å². The Bertz CT molecular complexity index is 287. The van der Waals surface area contributed by atoms with Gasteiger partial charge in [-0.1, -0.05) is 64.4 Å². The molecule has 22 heavy (non-hydrogen) atoms. The maximum absolute atomic E-state index is 11.0. The maximum atomic E-state index is 11.0. The number of hydrogen-bond acceptors (Lipinski definition) is 2. The highest BCUT2D eigenvalue weighted by Crippen LogP contribution is 2.23. The fraction of sp³-hybridized carbons (Fsp3) is 0.722. The Morgan fingerprint density at radius 1 is 1.14 bits per heavy atom. The normalized spacial score (nSPS) is 19.2. The van der Waals surface area contributed by atoms with E-state index in [-0.39, 0.29) is 5.91 Å². The summed E-state index contributed by atoms with van der Waals surface area (Å²) < 4.78 is 1.55. The van der Waals surface area contributed by atoms with Crippen LogP contribution >= 0.6 is 34.8 Å². The minimum atomic E-state index is 0.269. The molecule has 0 saturated carbocycles. The maximum Gasteiger partial charge on any atom is 0.225 e. The van der Waals surface area contributed by atoms with Crippen LogP contribution in [0.1, 0.15) is 72.1 Å². The van der Waals surface area contributed by atoms with Gasteiger partial charge in [-0.25, -0.2) is 0 Å². The van der Waals surface area contributed by atoms with Crippen molar-refractivity contribution in [2.45, 2.75) is 78.2 Å². The number of rotatable bonds is 8. The van der Waals surface area contributed by atoms with Gasteiger partial charge >= 0.3 is 0 Å². The molecule has 4 heteroatoms. The van der Waals surface area contributed by atoms with Crippen LogP contribution in [0.2, 0.25) is 0 Å². The molecule has 1 rings (SSSR count). The van der Waals surface area contributed by atoms with Crippen LogP contribution in [-0.4, -0.2) is 15.3 Å². The van der Waals surface area contributed by atoms with Crippen molar-refractivity contribution in [1.82, 2.24) is 5.32 Å². The SMILES string of the molecule is CCCC1NC(=O)C1CCC.S=CI.[CH2+]CC/C=C/CCC. The van der Waals surface area contributed by atoms with E-state index in [2.05, 4.69) is 57.4 Å². The highest BCUT2D eigenvalue weighted by molar-refractivity contribution is 14.1. The molecule has 0 bridgehead atoms. The second kappa shape index (κ2) is 18.9. The van der Waals surface area contributed by atoms with E-state index in [0.29, 0.717) is 12.0 Å². The summed E-state index contributed by atoms with van der Waals surface area (Å²) in [5.74, 6) is 0.602. The first-order chi connectivity index (χ1) is 10.6. The van der Waals surface area contributed by atoms with Gasteiger partial charge in [0, 0.05) is 15.8 Å². The Morgan fingerprint density at radius 3 is 2.09 bits per heavy atom. The van der Waals surface area contributed by atoms with E-state index in [4.69, 9.17) is 0 Å². The molecule has 128 valence electrons. The molecule has 2 unspecified atom stereocenters. The Hall–Kier alpha value is -0.100. The molecule has 0 radical (unpaired) electrons. The smallest absolute Gasteiger partial charge is 0.225 e. The van der Waals surface area contributed by atoms with Crippen molar-refractivity contribution in [3.05, 3.63) is 19.1 Å². The molecule has 1 heterocycles. The molecule has 2 nitrogen and oxygen atoms in total. The minimum Gasteiger partial charge on any atom is -0.352 e. The van der Waals surface area contributed by atoms with Crippen LogP contribution < -0.4 is 5.32 Å². The van der Waals surface area contributed by atoms with Crippen LogP contribution in [0.25, 0.3) is 0 Å². The molecule has 1 fully saturated rings. The average Bonchev–Trinajstić information content (AvgIpc) is 2.51. The number of amides is 1. The van der Waals surface area contributed by atoms with E-state index in [1.54, 1.807) is 3.37 Å². The van der Waals surface area contributed by atoms with Gasteiger partial charge in [0.25, 0.3) is 0 Å². The van der Waals surface area contributed by atoms with Gasteiger partial charge in [-0.3, -0.25) is 4.79 Å². The van der Waals surface area contributed by atoms with Crippen LogP contribution in [0.15, 0.2) is 12.2 Å². The van der Waals surface area contributed by atoms with Gasteiger partial charge < -0.3 is 5.32 Å². The molecule has 0 aromatic carbocycles. The van der Waals surface area contributed by atoms with Crippen molar-refractivity contribution in [1.29, 1.82) is 0 Å². The van der Waals surface area contributed by atoms with Crippen molar-refractivity contribution in [3.8, 4) is 0 Å². The molecule has 1 saturated heterocycles. The Balaban J connectivity index is 0. The fourth-order valence-corrected chi connectivity index (χ4v) is 2.22. The van der Waals surface area contributed by atoms with Crippen LogP contribution in [0.5, 0.6) is 0 Å². The third-order valence-corrected chi connectivity index (χ3v) is 3.34. The highest BCUT2D eigenvalue weighted by atomic mass is 127. The zero-order valence-corrected chi connectivity index (χ0v) is 17.4. The predicted molar refractivity (Wildman–Crippen MR) is 112 cm³/mol. The van der Waals surface area contributed by atoms with Gasteiger partial charge in [-0.2, -0.15) is 0 Å². The largest absolute Gasteiger partial charge is 0.352 e. The summed E-state index contributed by atoms with van der Waals surface area (Å²) in [6.07, 6.45) is 13.6. The Kier molecular flexibility index (Phi) is 20.8. The lowest BCUT2D eigenvalue weighted by atomic mass is 9.84. The third-order valence-electron chi connectivity index (χ3n) is 3.34. The first-order valence-corrected chi connectivity index (χ1v) is 10.1. The van der Waals surface area contributed by atoms with Gasteiger partial charge in [-0.05, 0) is 41.9 Å². The predicted octanol–water partition coefficient (Wildman–Crippen LogP) is 6.04. The van der Waals surface area contributed by atoms with Gasteiger partial charge in [0.05, 0.1) is 19.3 Å². The first-order valence-electron chi connectivity index (χ1n) is 8.41. The zero-order valence-electron chi connectivity index (χ0n) is 14.4. The molecule has 0 spiro atoms. The first kappa shape index (κ1) is 24.2. The molecule has 0 aromatic rings. The lowest BCUT2D eigenvalue weighted by Crippen LogP contribution is -2.57. The summed E-state index contributed by atoms with van der Waals surface area (Å²) in [7, 11) is 0. The van der Waals surface area contributed by atoms with Crippen LogP contribution in [-0.2, 0) is 4.79 Å². The molecular weight excluding hydrogens is 405 g/mol. The van der Waals surface area contributed by atoms with E-state index in [1.165, 1.54) is 19.3 Å². The lowest BCUT2D eigenvalue weighted by Gasteiger charge is -2.36. The molecule has 1 aliphatic heterocycles. The van der Waals surface area contributed by atoms with Crippen molar-refractivity contribution in [3.63, 3.8) is 0 Å². The average molecular weight is 438 g/mol. The zero-order chi connectivity index (χ0) is 17.2. The lowest BCUT2D eigenvalue weighted by molar-refractivity contribution is -0.135. The second-order valence-corrected chi connectivity index (χ2v) is 6.99. The summed E-state index contributed by atoms with van der Waals surface area (Å²) in [5.41, 5.74) is 0. The number of unbranched alkanes of at least 4 members (excludes halogenated alkanes) is 2. The summed E-state index contributed by atoms with van der Waals surface area (Å²) in [4.78, 5) is 11.0. The number of thiocarbonyl (C=S) groups is 1. The summed E-state index contributed by atoms with van der Waals surface area (Å²) in [6, 6.07) is 0.493. The minimum absolute atomic E-state index is 0.269. The summed E-state index contributed by atoms with van der Waals surface area (Å²) in [6.45, 7) is 10.2. The molecule has 1 amide bonds. The molecule has 1 aliphatic rings. The number of carbonyl (C=O) groups excluding carboxylic acids is 1. The standard InChI is InChI=1S/C9H17NO.C8H15.CHIS/c1-3-5-7-8(6-4-2)10-9(7)11;1-3-5-7-8-6-4-2;2-1-3/h7-8H,3-6H2,1-2H3,(H,10,11);7-8H,1,3-6H2,2H3;1H/q;+1;/b;8-7+;. The van der Waals surface area contributed by atoms with Crippen LogP contribution in [0.4, 0.5) is 0 Å². The summed E-state index contributed by atoms with van der Waals surface area (Å²) in [5, 5.41) is 2.94. The van der Waals surface area contributed by atoms with Crippen molar-refractivity contribution in [2.75, 3.05) is 0 Å². The van der Waals surface area contributed by atoms with E-state index in [1.807, 2.05) is 22.6 Å². The number of nitrogens with one attached hydrogen (secondary N) is 1. The monoisotopic (exact) mass is 438 g/mol. The van der Waals surface area contributed by atoms with E-state index >= 15 is 0 Å². The molecule has 0 aliphatic carbocycles. The van der Waals surface area contributed by atoms with E-state index in [9.17, 15) is 4.79 Å². The van der Waals surface area contributed by atoms with Gasteiger partial charge in [-0.15, -0.1) is 0 Å². The molecule has 2 atom stereocenters. The van der Waals surface area contributed by atoms with Gasteiger partial charge in [0.15, 0.2) is 0 Å². The number of carbonyl (C=O) groups is 1. The van der Waals surface area contributed by atoms with Crippen molar-refractivity contribution in [2.24, 2.45) is 5.92 Å². The van der Waals surface area contributed by atoms with Gasteiger partial charge in [0.1, 0.15) is 0 Å². The second-order valence-electron chi connectivity index (χ2n) is 5.29. The number of halogens is 1. The van der Waals surface area contributed by atoms with Crippen molar-refractivity contribution >= 4 is 44.1 Å². The Labute approximate surface area is 157 Å². The number of hydrogen-bond donors (Lipinski definition) is 1. The molecule has 0 aromatic heterocycles. The number of allylic oxidation sites excluding steroid dienone is 2. The van der Waals surface area contributed by atoms with E-state index < -0.39 is 0 Å². The summed E-state index contributed by atoms with van der Waals surface area (Å²) >= 11 is 6.23. The van der Waals surface area contributed by atoms with Crippen molar-refractivity contribution < 1.29 is 4.79 Å². The van der Waals surface area contributed by atoms with Gasteiger partial charge in [0.2, 0.25) is 5.91 Å². The van der Waals surface area contributed by atoms with Crippen LogP contribution in [0.3, 0.4) is 0 Å². The fourth-order valence-electron chi connectivity index (χ4n) is 2.22. The van der Waals surface area contributed by atoms with E-state index in [0.717, 1.165) is 32.1 Å². The molecule has 1 N–H and O–H groups in total. The quantitative estimate of drug-likeness (QED) is 0.125. The third kappa shape index (κ3) is 13.6. The number of β-lactam (4-membered cyclic amide) rings is 1. The highest BCUT2D eigenvalue weighted by Gasteiger charge is 2.36. The topological polar surface area (TPSA) is 29.1 Å². The molecular formula is C18H33INOS+. The Morgan fingerprint density at radius 2 is 1.68 bits per heavy atom.